The first-order chi connectivity index (χ1) is 8.81. The molecule has 0 radical (unpaired) electrons. The fourth-order valence-corrected chi connectivity index (χ4v) is 2.57. The van der Waals surface area contributed by atoms with Gasteiger partial charge in [0.05, 0.1) is 6.10 Å². The van der Waals surface area contributed by atoms with E-state index in [1.54, 1.807) is 0 Å². The van der Waals surface area contributed by atoms with Gasteiger partial charge in [0.2, 0.25) is 0 Å². The van der Waals surface area contributed by atoms with Crippen LogP contribution in [0, 0.1) is 0 Å². The van der Waals surface area contributed by atoms with Crippen LogP contribution in [0.2, 0.25) is 0 Å². The Balaban J connectivity index is 1.94. The minimum absolute atomic E-state index is 0.287. The summed E-state index contributed by atoms with van der Waals surface area (Å²) in [5.41, 5.74) is 1.34. The van der Waals surface area contributed by atoms with Crippen LogP contribution in [0.1, 0.15) is 31.9 Å². The molecule has 0 bridgehead atoms. The Labute approximate surface area is 110 Å². The summed E-state index contributed by atoms with van der Waals surface area (Å²) in [6.07, 6.45) is 1.41. The van der Waals surface area contributed by atoms with E-state index in [0.29, 0.717) is 12.1 Å². The molecule has 0 spiro atoms. The molecular formula is C15H24N2O. The number of nitrogens with one attached hydrogen (secondary N) is 2. The minimum atomic E-state index is 0.287. The molecule has 0 aromatic heterocycles. The van der Waals surface area contributed by atoms with Gasteiger partial charge in [-0.2, -0.15) is 0 Å². The van der Waals surface area contributed by atoms with E-state index in [4.69, 9.17) is 4.74 Å². The van der Waals surface area contributed by atoms with E-state index in [1.165, 1.54) is 5.56 Å². The molecule has 1 aliphatic heterocycles. The molecule has 2 rings (SSSR count). The zero-order chi connectivity index (χ0) is 12.8. The van der Waals surface area contributed by atoms with Crippen LogP contribution in [0.3, 0.4) is 0 Å². The van der Waals surface area contributed by atoms with Gasteiger partial charge in [-0.3, -0.25) is 0 Å². The number of rotatable bonds is 5. The maximum Gasteiger partial charge on any atom is 0.0852 e. The summed E-state index contributed by atoms with van der Waals surface area (Å²) in [5.74, 6) is 0. The minimum Gasteiger partial charge on any atom is -0.376 e. The van der Waals surface area contributed by atoms with Crippen molar-refractivity contribution >= 4 is 0 Å². The van der Waals surface area contributed by atoms with Crippen molar-refractivity contribution in [3.05, 3.63) is 35.9 Å². The van der Waals surface area contributed by atoms with E-state index in [2.05, 4.69) is 54.8 Å². The molecule has 0 aliphatic carbocycles. The van der Waals surface area contributed by atoms with Gasteiger partial charge in [0.15, 0.2) is 0 Å². The largest absolute Gasteiger partial charge is 0.376 e. The van der Waals surface area contributed by atoms with Gasteiger partial charge < -0.3 is 15.4 Å². The summed E-state index contributed by atoms with van der Waals surface area (Å²) in [5, 5.41) is 7.10. The molecule has 0 saturated carbocycles. The predicted molar refractivity (Wildman–Crippen MR) is 74.7 cm³/mol. The maximum atomic E-state index is 5.81. The maximum absolute atomic E-state index is 5.81. The molecule has 1 aromatic carbocycles. The number of hydrogen-bond donors (Lipinski definition) is 2. The van der Waals surface area contributed by atoms with Gasteiger partial charge in [0.25, 0.3) is 0 Å². The van der Waals surface area contributed by atoms with Crippen molar-refractivity contribution in [3.63, 3.8) is 0 Å². The molecule has 1 saturated heterocycles. The quantitative estimate of drug-likeness (QED) is 0.837. The van der Waals surface area contributed by atoms with Crippen LogP contribution in [-0.2, 0) is 4.74 Å². The lowest BCUT2D eigenvalue weighted by atomic mass is 10.0. The third-order valence-electron chi connectivity index (χ3n) is 3.57. The molecule has 3 atom stereocenters. The molecule has 1 heterocycles. The van der Waals surface area contributed by atoms with Gasteiger partial charge in [-0.15, -0.1) is 0 Å². The number of benzene rings is 1. The first-order valence-corrected chi connectivity index (χ1v) is 6.94. The fraction of sp³-hybridized carbons (Fsp3) is 0.600. The monoisotopic (exact) mass is 248 g/mol. The lowest BCUT2D eigenvalue weighted by Gasteiger charge is -2.34. The lowest BCUT2D eigenvalue weighted by Crippen LogP contribution is -2.52. The van der Waals surface area contributed by atoms with Gasteiger partial charge in [-0.05, 0) is 32.4 Å². The standard InChI is InChI=1S/C15H24N2O/c1-3-18-15-11-16-10-9-14(15)17-12(2)13-7-5-4-6-8-13/h4-8,12,14-17H,3,9-11H2,1-2H3/t12-,14?,15?/m1/s1. The Bertz CT molecular complexity index is 340. The summed E-state index contributed by atoms with van der Waals surface area (Å²) < 4.78 is 5.81. The van der Waals surface area contributed by atoms with Gasteiger partial charge >= 0.3 is 0 Å². The van der Waals surface area contributed by atoms with E-state index in [9.17, 15) is 0 Å². The normalized spacial score (nSPS) is 25.9. The fourth-order valence-electron chi connectivity index (χ4n) is 2.57. The molecular weight excluding hydrogens is 224 g/mol. The van der Waals surface area contributed by atoms with E-state index < -0.39 is 0 Å². The summed E-state index contributed by atoms with van der Waals surface area (Å²) in [6.45, 7) is 7.09. The number of piperidine rings is 1. The Morgan fingerprint density at radius 2 is 2.17 bits per heavy atom. The summed E-state index contributed by atoms with van der Waals surface area (Å²) in [4.78, 5) is 0. The van der Waals surface area contributed by atoms with E-state index >= 15 is 0 Å². The first-order valence-electron chi connectivity index (χ1n) is 6.94. The second-order valence-electron chi connectivity index (χ2n) is 4.89. The zero-order valence-corrected chi connectivity index (χ0v) is 11.4. The van der Waals surface area contributed by atoms with Gasteiger partial charge in [-0.25, -0.2) is 0 Å². The highest BCUT2D eigenvalue weighted by Gasteiger charge is 2.26. The van der Waals surface area contributed by atoms with Crippen molar-refractivity contribution in [1.29, 1.82) is 0 Å². The third kappa shape index (κ3) is 3.55. The highest BCUT2D eigenvalue weighted by Crippen LogP contribution is 2.16. The summed E-state index contributed by atoms with van der Waals surface area (Å²) in [6, 6.07) is 11.4. The summed E-state index contributed by atoms with van der Waals surface area (Å²) >= 11 is 0. The van der Waals surface area contributed by atoms with Crippen molar-refractivity contribution in [3.8, 4) is 0 Å². The average Bonchev–Trinajstić information content (AvgIpc) is 2.42. The van der Waals surface area contributed by atoms with Crippen molar-refractivity contribution in [1.82, 2.24) is 10.6 Å². The molecule has 2 N–H and O–H groups in total. The van der Waals surface area contributed by atoms with Crippen LogP contribution >= 0.6 is 0 Å². The lowest BCUT2D eigenvalue weighted by molar-refractivity contribution is 0.0185. The molecule has 100 valence electrons. The van der Waals surface area contributed by atoms with Crippen molar-refractivity contribution < 1.29 is 4.74 Å². The first kappa shape index (κ1) is 13.5. The molecule has 2 unspecified atom stereocenters. The third-order valence-corrected chi connectivity index (χ3v) is 3.57. The van der Waals surface area contributed by atoms with Gasteiger partial charge in [0, 0.05) is 25.2 Å². The molecule has 3 heteroatoms. The Morgan fingerprint density at radius 3 is 2.89 bits per heavy atom. The number of hydrogen-bond acceptors (Lipinski definition) is 3. The average molecular weight is 248 g/mol. The molecule has 1 fully saturated rings. The van der Waals surface area contributed by atoms with Crippen LogP contribution in [0.4, 0.5) is 0 Å². The highest BCUT2D eigenvalue weighted by molar-refractivity contribution is 5.18. The smallest absolute Gasteiger partial charge is 0.0852 e. The van der Waals surface area contributed by atoms with Gasteiger partial charge in [-0.1, -0.05) is 30.3 Å². The van der Waals surface area contributed by atoms with Crippen LogP contribution in [0.25, 0.3) is 0 Å². The van der Waals surface area contributed by atoms with Crippen molar-refractivity contribution in [2.75, 3.05) is 19.7 Å². The van der Waals surface area contributed by atoms with Crippen LogP contribution in [0.5, 0.6) is 0 Å². The Kier molecular flexibility index (Phi) is 5.17. The molecule has 1 aliphatic rings. The zero-order valence-electron chi connectivity index (χ0n) is 11.4. The van der Waals surface area contributed by atoms with E-state index in [0.717, 1.165) is 26.1 Å². The Morgan fingerprint density at radius 1 is 1.39 bits per heavy atom. The molecule has 3 nitrogen and oxygen atoms in total. The topological polar surface area (TPSA) is 33.3 Å². The van der Waals surface area contributed by atoms with Crippen LogP contribution in [0.15, 0.2) is 30.3 Å². The van der Waals surface area contributed by atoms with Gasteiger partial charge in [0.1, 0.15) is 0 Å². The number of ether oxygens (including phenoxy) is 1. The van der Waals surface area contributed by atoms with E-state index in [-0.39, 0.29) is 6.10 Å². The SMILES string of the molecule is CCOC1CNCCC1N[C@H](C)c1ccccc1. The molecule has 1 aromatic rings. The summed E-state index contributed by atoms with van der Waals surface area (Å²) in [7, 11) is 0. The second-order valence-corrected chi connectivity index (χ2v) is 4.89. The van der Waals surface area contributed by atoms with Crippen LogP contribution < -0.4 is 10.6 Å². The van der Waals surface area contributed by atoms with Crippen molar-refractivity contribution in [2.24, 2.45) is 0 Å². The Hall–Kier alpha value is -0.900. The predicted octanol–water partition coefficient (Wildman–Crippen LogP) is 2.10. The molecule has 0 amide bonds. The second kappa shape index (κ2) is 6.88. The van der Waals surface area contributed by atoms with E-state index in [1.807, 2.05) is 0 Å². The van der Waals surface area contributed by atoms with Crippen molar-refractivity contribution in [2.45, 2.75) is 38.5 Å². The molecule has 18 heavy (non-hydrogen) atoms. The van der Waals surface area contributed by atoms with Crippen LogP contribution in [-0.4, -0.2) is 31.8 Å². The highest BCUT2D eigenvalue weighted by atomic mass is 16.5.